The first kappa shape index (κ1) is 17.4. The molecule has 0 bridgehead atoms. The third kappa shape index (κ3) is 3.50. The van der Waals surface area contributed by atoms with E-state index in [9.17, 15) is 4.79 Å². The molecule has 0 radical (unpaired) electrons. The zero-order chi connectivity index (χ0) is 16.9. The molecule has 23 heavy (non-hydrogen) atoms. The second kappa shape index (κ2) is 7.51. The fraction of sp³-hybridized carbons (Fsp3) is 0.400. The van der Waals surface area contributed by atoms with Gasteiger partial charge in [-0.2, -0.15) is 0 Å². The number of ketones is 1. The van der Waals surface area contributed by atoms with Crippen molar-refractivity contribution in [3.63, 3.8) is 0 Å². The molecule has 0 fully saturated rings. The van der Waals surface area contributed by atoms with Crippen LogP contribution in [0.3, 0.4) is 0 Å². The molecule has 0 spiro atoms. The zero-order valence-corrected chi connectivity index (χ0v) is 14.5. The summed E-state index contributed by atoms with van der Waals surface area (Å²) in [4.78, 5) is 19.6. The van der Waals surface area contributed by atoms with Gasteiger partial charge in [-0.3, -0.25) is 9.78 Å². The van der Waals surface area contributed by atoms with Crippen molar-refractivity contribution in [2.24, 2.45) is 0 Å². The molecular weight excluding hydrogens is 284 g/mol. The quantitative estimate of drug-likeness (QED) is 0.782. The van der Waals surface area contributed by atoms with Crippen LogP contribution in [0.5, 0.6) is 0 Å². The third-order valence-electron chi connectivity index (χ3n) is 4.70. The zero-order valence-electron chi connectivity index (χ0n) is 14.5. The summed E-state index contributed by atoms with van der Waals surface area (Å²) in [6.45, 7) is 4.10. The minimum atomic E-state index is -0.645. The van der Waals surface area contributed by atoms with Gasteiger partial charge in [0, 0.05) is 24.9 Å². The Morgan fingerprint density at radius 2 is 1.78 bits per heavy atom. The van der Waals surface area contributed by atoms with Crippen LogP contribution in [0.2, 0.25) is 0 Å². The molecule has 3 nitrogen and oxygen atoms in total. The Morgan fingerprint density at radius 3 is 2.30 bits per heavy atom. The molecule has 0 N–H and O–H groups in total. The second-order valence-corrected chi connectivity index (χ2v) is 6.31. The highest BCUT2D eigenvalue weighted by atomic mass is 16.1. The molecule has 3 heteroatoms. The van der Waals surface area contributed by atoms with Gasteiger partial charge in [0.05, 0.1) is 5.41 Å². The van der Waals surface area contributed by atoms with E-state index in [1.165, 1.54) is 0 Å². The number of aromatic nitrogens is 1. The Balaban J connectivity index is 2.66. The van der Waals surface area contributed by atoms with Crippen LogP contribution in [0.25, 0.3) is 0 Å². The van der Waals surface area contributed by atoms with Crippen molar-refractivity contribution in [3.8, 4) is 0 Å². The minimum Gasteiger partial charge on any atom is -0.307 e. The number of hydrogen-bond donors (Lipinski definition) is 0. The molecule has 1 aromatic heterocycles. The first-order chi connectivity index (χ1) is 11.0. The van der Waals surface area contributed by atoms with E-state index in [0.29, 0.717) is 6.42 Å². The van der Waals surface area contributed by atoms with Crippen molar-refractivity contribution in [2.45, 2.75) is 38.1 Å². The smallest absolute Gasteiger partial charge is 0.147 e. The first-order valence-corrected chi connectivity index (χ1v) is 8.18. The van der Waals surface area contributed by atoms with Crippen LogP contribution in [0.4, 0.5) is 0 Å². The Bertz CT molecular complexity index is 583. The lowest BCUT2D eigenvalue weighted by Gasteiger charge is -2.37. The number of pyridine rings is 1. The molecule has 0 aliphatic carbocycles. The Hall–Kier alpha value is -2.00. The number of hydrogen-bond acceptors (Lipinski definition) is 3. The maximum atomic E-state index is 13.1. The van der Waals surface area contributed by atoms with Crippen molar-refractivity contribution >= 4 is 5.78 Å². The number of carbonyl (C=O) groups excluding carboxylic acids is 1. The monoisotopic (exact) mass is 310 g/mol. The van der Waals surface area contributed by atoms with E-state index in [-0.39, 0.29) is 11.8 Å². The summed E-state index contributed by atoms with van der Waals surface area (Å²) < 4.78 is 0. The Labute approximate surface area is 139 Å². The van der Waals surface area contributed by atoms with Crippen molar-refractivity contribution in [2.75, 3.05) is 14.1 Å². The number of nitrogens with zero attached hydrogens (tertiary/aromatic N) is 2. The van der Waals surface area contributed by atoms with Crippen LogP contribution in [0, 0.1) is 0 Å². The fourth-order valence-corrected chi connectivity index (χ4v) is 3.10. The molecular formula is C20H26N2O. The predicted molar refractivity (Wildman–Crippen MR) is 94.5 cm³/mol. The molecule has 0 amide bonds. The molecule has 2 aromatic rings. The summed E-state index contributed by atoms with van der Waals surface area (Å²) in [5.74, 6) is 0.241. The van der Waals surface area contributed by atoms with E-state index in [1.54, 1.807) is 6.20 Å². The summed E-state index contributed by atoms with van der Waals surface area (Å²) in [7, 11) is 4.11. The van der Waals surface area contributed by atoms with Gasteiger partial charge < -0.3 is 4.90 Å². The average molecular weight is 310 g/mol. The molecule has 122 valence electrons. The molecule has 0 saturated heterocycles. The van der Waals surface area contributed by atoms with E-state index < -0.39 is 5.41 Å². The Kier molecular flexibility index (Phi) is 5.67. The highest BCUT2D eigenvalue weighted by Crippen LogP contribution is 2.39. The molecule has 1 heterocycles. The number of benzene rings is 1. The van der Waals surface area contributed by atoms with Crippen LogP contribution in [-0.4, -0.2) is 35.8 Å². The van der Waals surface area contributed by atoms with Gasteiger partial charge in [0.2, 0.25) is 0 Å². The largest absolute Gasteiger partial charge is 0.307 e. The van der Waals surface area contributed by atoms with Gasteiger partial charge in [-0.15, -0.1) is 0 Å². The lowest BCUT2D eigenvalue weighted by atomic mass is 9.67. The molecule has 2 unspecified atom stereocenters. The van der Waals surface area contributed by atoms with Gasteiger partial charge in [0.1, 0.15) is 5.78 Å². The highest BCUT2D eigenvalue weighted by Gasteiger charge is 2.42. The van der Waals surface area contributed by atoms with Crippen LogP contribution in [0.1, 0.15) is 37.8 Å². The van der Waals surface area contributed by atoms with Crippen molar-refractivity contribution in [3.05, 3.63) is 66.0 Å². The van der Waals surface area contributed by atoms with Gasteiger partial charge in [-0.05, 0) is 44.6 Å². The summed E-state index contributed by atoms with van der Waals surface area (Å²) in [5.41, 5.74) is 1.38. The topological polar surface area (TPSA) is 33.2 Å². The minimum absolute atomic E-state index is 0.241. The van der Waals surface area contributed by atoms with Gasteiger partial charge >= 0.3 is 0 Å². The number of Topliss-reactive ketones (excluding diaryl/α,β-unsaturated/α-hetero) is 1. The summed E-state index contributed by atoms with van der Waals surface area (Å²) in [6.07, 6.45) is 4.83. The van der Waals surface area contributed by atoms with E-state index in [0.717, 1.165) is 17.5 Å². The summed E-state index contributed by atoms with van der Waals surface area (Å²) >= 11 is 0. The molecule has 2 rings (SSSR count). The van der Waals surface area contributed by atoms with E-state index in [4.69, 9.17) is 0 Å². The van der Waals surface area contributed by atoms with Crippen LogP contribution < -0.4 is 0 Å². The van der Waals surface area contributed by atoms with Crippen LogP contribution in [0.15, 0.2) is 54.9 Å². The van der Waals surface area contributed by atoms with Crippen LogP contribution >= 0.6 is 0 Å². The van der Waals surface area contributed by atoms with Crippen molar-refractivity contribution in [1.29, 1.82) is 0 Å². The number of rotatable bonds is 7. The lowest BCUT2D eigenvalue weighted by molar-refractivity contribution is -0.123. The average Bonchev–Trinajstić information content (AvgIpc) is 2.60. The van der Waals surface area contributed by atoms with E-state index in [2.05, 4.69) is 43.0 Å². The second-order valence-electron chi connectivity index (χ2n) is 6.31. The van der Waals surface area contributed by atoms with Crippen molar-refractivity contribution < 1.29 is 4.79 Å². The van der Waals surface area contributed by atoms with Crippen LogP contribution in [-0.2, 0) is 10.2 Å². The fourth-order valence-electron chi connectivity index (χ4n) is 3.10. The van der Waals surface area contributed by atoms with Gasteiger partial charge in [0.15, 0.2) is 0 Å². The van der Waals surface area contributed by atoms with Gasteiger partial charge in [-0.25, -0.2) is 0 Å². The number of carbonyl (C=O) groups is 1. The first-order valence-electron chi connectivity index (χ1n) is 8.18. The Morgan fingerprint density at radius 1 is 1.13 bits per heavy atom. The van der Waals surface area contributed by atoms with Gasteiger partial charge in [0.25, 0.3) is 0 Å². The standard InChI is InChI=1S/C20H26N2O/c1-5-19(23)20(14-16(2)22(3)4,17-10-7-6-8-11-17)18-12-9-13-21-15-18/h6-13,15-16H,5,14H2,1-4H3. The SMILES string of the molecule is CCC(=O)C(CC(C)N(C)C)(c1ccccc1)c1cccnc1. The summed E-state index contributed by atoms with van der Waals surface area (Å²) in [5, 5.41) is 0. The highest BCUT2D eigenvalue weighted by molar-refractivity contribution is 5.93. The van der Waals surface area contributed by atoms with Crippen molar-refractivity contribution in [1.82, 2.24) is 9.88 Å². The maximum Gasteiger partial charge on any atom is 0.147 e. The molecule has 2 atom stereocenters. The van der Waals surface area contributed by atoms with Gasteiger partial charge in [-0.1, -0.05) is 43.3 Å². The molecule has 1 aromatic carbocycles. The maximum absolute atomic E-state index is 13.1. The normalized spacial score (nSPS) is 15.2. The molecule has 0 aliphatic rings. The third-order valence-corrected chi connectivity index (χ3v) is 4.70. The molecule has 0 saturated carbocycles. The van der Waals surface area contributed by atoms with E-state index >= 15 is 0 Å². The summed E-state index contributed by atoms with van der Waals surface area (Å²) in [6, 6.07) is 14.3. The van der Waals surface area contributed by atoms with E-state index in [1.807, 2.05) is 43.5 Å². The lowest BCUT2D eigenvalue weighted by Crippen LogP contribution is -2.43. The molecule has 0 aliphatic heterocycles. The predicted octanol–water partition coefficient (Wildman–Crippen LogP) is 3.69.